The summed E-state index contributed by atoms with van der Waals surface area (Å²) in [5.41, 5.74) is -0.298. The van der Waals surface area contributed by atoms with Crippen molar-refractivity contribution in [3.05, 3.63) is 66.2 Å². The lowest BCUT2D eigenvalue weighted by molar-refractivity contribution is -0.224. The molecule has 0 radical (unpaired) electrons. The second kappa shape index (κ2) is 17.9. The van der Waals surface area contributed by atoms with Crippen LogP contribution in [0.2, 0.25) is 0 Å². The number of carbonyl (C=O) groups excluding carboxylic acids is 6. The average molecular weight is 718 g/mol. The maximum absolute atomic E-state index is 14.3. The molecule has 0 spiro atoms. The molecule has 3 rings (SSSR count). The summed E-state index contributed by atoms with van der Waals surface area (Å²) < 4.78 is 40.0. The topological polar surface area (TPSA) is 179 Å². The maximum atomic E-state index is 14.3. The fourth-order valence-electron chi connectivity index (χ4n) is 5.07. The van der Waals surface area contributed by atoms with Crippen LogP contribution in [0.15, 0.2) is 65.6 Å². The summed E-state index contributed by atoms with van der Waals surface area (Å²) in [5, 5.41) is 2.64. The molecule has 1 aliphatic heterocycles. The molecule has 6 atom stereocenters. The van der Waals surface area contributed by atoms with E-state index in [-0.39, 0.29) is 13.0 Å². The normalized spacial score (nSPS) is 21.4. The van der Waals surface area contributed by atoms with E-state index in [4.69, 9.17) is 33.2 Å². The van der Waals surface area contributed by atoms with Crippen LogP contribution in [0.25, 0.3) is 0 Å². The molecule has 0 bridgehead atoms. The van der Waals surface area contributed by atoms with Gasteiger partial charge >= 0.3 is 35.9 Å². The number of ether oxygens (including phenoxy) is 7. The Balaban J connectivity index is 2.25. The third-order valence-corrected chi connectivity index (χ3v) is 8.13. The molecule has 15 heteroatoms. The number of benzene rings is 2. The summed E-state index contributed by atoms with van der Waals surface area (Å²) in [5.74, 6) is -4.12. The van der Waals surface area contributed by atoms with Gasteiger partial charge in [0, 0.05) is 39.0 Å². The molecule has 1 heterocycles. The number of alkyl carbamates (subject to hydrolysis) is 1. The zero-order valence-electron chi connectivity index (χ0n) is 29.0. The summed E-state index contributed by atoms with van der Waals surface area (Å²) >= 11 is 0.935. The van der Waals surface area contributed by atoms with Gasteiger partial charge in [0.1, 0.15) is 31.0 Å². The van der Waals surface area contributed by atoms with Gasteiger partial charge in [0.15, 0.2) is 12.2 Å². The highest BCUT2D eigenvalue weighted by atomic mass is 32.2. The Morgan fingerprint density at radius 3 is 1.98 bits per heavy atom. The smallest absolute Gasteiger partial charge is 0.408 e. The van der Waals surface area contributed by atoms with Gasteiger partial charge in [-0.2, -0.15) is 0 Å². The van der Waals surface area contributed by atoms with Gasteiger partial charge < -0.3 is 38.5 Å². The molecule has 1 N–H and O–H groups in total. The van der Waals surface area contributed by atoms with Crippen LogP contribution in [0.4, 0.5) is 4.79 Å². The molecular weight excluding hydrogens is 674 g/mol. The predicted molar refractivity (Wildman–Crippen MR) is 177 cm³/mol. The summed E-state index contributed by atoms with van der Waals surface area (Å²) in [6, 6.07) is 16.2. The van der Waals surface area contributed by atoms with Crippen LogP contribution in [0, 0.1) is 0 Å². The van der Waals surface area contributed by atoms with Crippen molar-refractivity contribution in [2.24, 2.45) is 0 Å². The maximum Gasteiger partial charge on any atom is 0.408 e. The first kappa shape index (κ1) is 39.8. The number of carbonyl (C=O) groups is 6. The number of rotatable bonds is 13. The van der Waals surface area contributed by atoms with Gasteiger partial charge in [-0.15, -0.1) is 0 Å². The fraction of sp³-hybridized carbons (Fsp3) is 0.486. The van der Waals surface area contributed by atoms with E-state index in [9.17, 15) is 28.8 Å². The lowest BCUT2D eigenvalue weighted by Gasteiger charge is -2.48. The van der Waals surface area contributed by atoms with Crippen molar-refractivity contribution in [2.75, 3.05) is 6.61 Å². The third kappa shape index (κ3) is 12.4. The van der Waals surface area contributed by atoms with Crippen LogP contribution in [0.5, 0.6) is 0 Å². The highest BCUT2D eigenvalue weighted by Gasteiger charge is 2.59. The number of amides is 1. The number of hydrogen-bond donors (Lipinski definition) is 1. The van der Waals surface area contributed by atoms with Crippen molar-refractivity contribution in [3.8, 4) is 0 Å². The van der Waals surface area contributed by atoms with E-state index in [0.29, 0.717) is 10.5 Å². The van der Waals surface area contributed by atoms with Gasteiger partial charge in [-0.25, -0.2) is 9.59 Å². The zero-order chi connectivity index (χ0) is 37.1. The van der Waals surface area contributed by atoms with E-state index in [1.54, 1.807) is 81.4 Å². The lowest BCUT2D eigenvalue weighted by atomic mass is 9.89. The molecule has 1 aliphatic rings. The van der Waals surface area contributed by atoms with E-state index in [1.807, 2.05) is 0 Å². The van der Waals surface area contributed by atoms with Gasteiger partial charge in [-0.05, 0) is 38.5 Å². The molecule has 1 fully saturated rings. The molecule has 14 nitrogen and oxygen atoms in total. The Hall–Kier alpha value is -4.63. The molecule has 1 unspecified atom stereocenters. The minimum atomic E-state index is -2.02. The van der Waals surface area contributed by atoms with E-state index in [0.717, 1.165) is 39.5 Å². The standard InChI is InChI=1S/C35H43NO13S/c1-21(37)43-20-28(46-23(3)39)30(47-24(4)40)31-29(36-33(42)49-34(5,6)7)27(45-22(2)38)18-35(48-31,50-26-16-12-9-13-17-26)32(41)44-19-25-14-10-8-11-15-25/h8-17,27-31H,18-20H2,1-7H3,(H,36,42)/t27-,28+,29+,30+,31?,35+/m0/s1. The van der Waals surface area contributed by atoms with Crippen molar-refractivity contribution in [1.82, 2.24) is 5.32 Å². The monoisotopic (exact) mass is 717 g/mol. The van der Waals surface area contributed by atoms with E-state index >= 15 is 0 Å². The molecule has 50 heavy (non-hydrogen) atoms. The minimum absolute atomic E-state index is 0.154. The summed E-state index contributed by atoms with van der Waals surface area (Å²) in [6.45, 7) is 8.55. The molecule has 2 aromatic rings. The minimum Gasteiger partial charge on any atom is -0.462 e. The molecule has 1 amide bonds. The van der Waals surface area contributed by atoms with Crippen LogP contribution in [-0.2, 0) is 63.7 Å². The van der Waals surface area contributed by atoms with Crippen LogP contribution in [0.1, 0.15) is 60.5 Å². The molecular formula is C35H43NO13S. The first-order valence-electron chi connectivity index (χ1n) is 15.8. The van der Waals surface area contributed by atoms with Crippen molar-refractivity contribution in [3.63, 3.8) is 0 Å². The van der Waals surface area contributed by atoms with Crippen molar-refractivity contribution >= 4 is 47.7 Å². The molecule has 0 aromatic heterocycles. The highest BCUT2D eigenvalue weighted by molar-refractivity contribution is 8.01. The Morgan fingerprint density at radius 1 is 0.840 bits per heavy atom. The SMILES string of the molecule is CC(=O)OC[C@@H](OC(C)=O)[C@@H](OC(C)=O)C1O[C@](Sc2ccccc2)(C(=O)OCc2ccccc2)C[C@H](OC(C)=O)[C@H]1NC(=O)OC(C)(C)C. The molecule has 0 aliphatic carbocycles. The Bertz CT molecular complexity index is 1500. The second-order valence-electron chi connectivity index (χ2n) is 12.4. The summed E-state index contributed by atoms with van der Waals surface area (Å²) in [4.78, 5) is 75.5. The van der Waals surface area contributed by atoms with E-state index in [1.165, 1.54) is 0 Å². The third-order valence-electron chi connectivity index (χ3n) is 6.86. The van der Waals surface area contributed by atoms with Crippen molar-refractivity contribution in [1.29, 1.82) is 0 Å². The van der Waals surface area contributed by atoms with Crippen LogP contribution in [0.3, 0.4) is 0 Å². The van der Waals surface area contributed by atoms with Crippen LogP contribution in [-0.4, -0.2) is 83.5 Å². The van der Waals surface area contributed by atoms with Crippen molar-refractivity contribution < 1.29 is 61.9 Å². The predicted octanol–water partition coefficient (Wildman–Crippen LogP) is 4.26. The van der Waals surface area contributed by atoms with Crippen LogP contribution < -0.4 is 5.32 Å². The lowest BCUT2D eigenvalue weighted by Crippen LogP contribution is -2.68. The first-order chi connectivity index (χ1) is 23.5. The van der Waals surface area contributed by atoms with E-state index < -0.39 is 83.5 Å². The summed E-state index contributed by atoms with van der Waals surface area (Å²) in [7, 11) is 0. The van der Waals surface area contributed by atoms with Gasteiger partial charge in [0.2, 0.25) is 4.93 Å². The Kier molecular flexibility index (Phi) is 14.2. The number of hydrogen-bond acceptors (Lipinski definition) is 14. The highest BCUT2D eigenvalue weighted by Crippen LogP contribution is 2.46. The molecule has 2 aromatic carbocycles. The summed E-state index contributed by atoms with van der Waals surface area (Å²) in [6.07, 6.45) is -7.48. The van der Waals surface area contributed by atoms with Gasteiger partial charge in [0.25, 0.3) is 0 Å². The van der Waals surface area contributed by atoms with Gasteiger partial charge in [0.05, 0.1) is 6.04 Å². The first-order valence-corrected chi connectivity index (χ1v) is 16.6. The Labute approximate surface area is 294 Å². The largest absolute Gasteiger partial charge is 0.462 e. The quantitative estimate of drug-likeness (QED) is 0.229. The van der Waals surface area contributed by atoms with E-state index in [2.05, 4.69) is 5.32 Å². The average Bonchev–Trinajstić information content (AvgIpc) is 3.01. The number of thioether (sulfide) groups is 1. The number of esters is 5. The van der Waals surface area contributed by atoms with Crippen molar-refractivity contribution in [2.45, 2.75) is 107 Å². The fourth-order valence-corrected chi connectivity index (χ4v) is 6.29. The second-order valence-corrected chi connectivity index (χ2v) is 13.7. The van der Waals surface area contributed by atoms with Crippen LogP contribution >= 0.6 is 11.8 Å². The zero-order valence-corrected chi connectivity index (χ0v) is 29.8. The Morgan fingerprint density at radius 2 is 1.44 bits per heavy atom. The van der Waals surface area contributed by atoms with Gasteiger partial charge in [-0.3, -0.25) is 19.2 Å². The molecule has 0 saturated carbocycles. The van der Waals surface area contributed by atoms with Gasteiger partial charge in [-0.1, -0.05) is 60.3 Å². The molecule has 272 valence electrons. The molecule has 1 saturated heterocycles. The number of nitrogens with one attached hydrogen (secondary N) is 1.